The molecule has 0 aliphatic carbocycles. The molecule has 1 heterocycles. The van der Waals surface area contributed by atoms with E-state index in [4.69, 9.17) is 0 Å². The summed E-state index contributed by atoms with van der Waals surface area (Å²) in [4.78, 5) is 12.3. The Bertz CT molecular complexity index is 1160. The van der Waals surface area contributed by atoms with E-state index in [-0.39, 0.29) is 21.4 Å². The van der Waals surface area contributed by atoms with E-state index in [1.54, 1.807) is 12.1 Å². The SMILES string of the molecule is CC[C@H](NS(=O)(=O)c1nnc(NC(=O)c2ccc(C)cc2)s1)c1ccc(C)cc1C. The average molecular weight is 445 g/mol. The monoisotopic (exact) mass is 444 g/mol. The summed E-state index contributed by atoms with van der Waals surface area (Å²) in [6.07, 6.45) is 0.582. The van der Waals surface area contributed by atoms with E-state index in [0.717, 1.165) is 33.6 Å². The lowest BCUT2D eigenvalue weighted by atomic mass is 9.98. The summed E-state index contributed by atoms with van der Waals surface area (Å²) < 4.78 is 28.2. The third kappa shape index (κ3) is 5.10. The van der Waals surface area contributed by atoms with Gasteiger partial charge in [-0.1, -0.05) is 59.7 Å². The first kappa shape index (κ1) is 22.1. The number of sulfonamides is 1. The number of nitrogens with one attached hydrogen (secondary N) is 2. The van der Waals surface area contributed by atoms with Gasteiger partial charge in [-0.3, -0.25) is 10.1 Å². The lowest BCUT2D eigenvalue weighted by Gasteiger charge is -2.19. The highest BCUT2D eigenvalue weighted by Crippen LogP contribution is 2.26. The Morgan fingerprint density at radius 3 is 2.33 bits per heavy atom. The molecule has 0 radical (unpaired) electrons. The van der Waals surface area contributed by atoms with Crippen LogP contribution in [0.15, 0.2) is 46.8 Å². The summed E-state index contributed by atoms with van der Waals surface area (Å²) in [5.74, 6) is -0.371. The summed E-state index contributed by atoms with van der Waals surface area (Å²) in [6, 6.07) is 12.6. The van der Waals surface area contributed by atoms with Crippen LogP contribution in [-0.4, -0.2) is 24.5 Å². The van der Waals surface area contributed by atoms with E-state index >= 15 is 0 Å². The van der Waals surface area contributed by atoms with Crippen molar-refractivity contribution in [3.8, 4) is 0 Å². The normalized spacial score (nSPS) is 12.5. The fourth-order valence-corrected chi connectivity index (χ4v) is 5.27. The number of hydrogen-bond donors (Lipinski definition) is 2. The molecule has 0 bridgehead atoms. The number of aromatic nitrogens is 2. The van der Waals surface area contributed by atoms with Crippen LogP contribution >= 0.6 is 11.3 Å². The number of benzene rings is 2. The molecule has 1 amide bonds. The minimum absolute atomic E-state index is 0.125. The molecule has 158 valence electrons. The maximum Gasteiger partial charge on any atom is 0.270 e. The second-order valence-corrected chi connectivity index (χ2v) is 10.0. The summed E-state index contributed by atoms with van der Waals surface area (Å²) in [6.45, 7) is 7.80. The van der Waals surface area contributed by atoms with Gasteiger partial charge in [0.05, 0.1) is 0 Å². The van der Waals surface area contributed by atoms with Crippen LogP contribution in [0.4, 0.5) is 5.13 Å². The van der Waals surface area contributed by atoms with Crippen LogP contribution in [0.1, 0.15) is 52.0 Å². The summed E-state index contributed by atoms with van der Waals surface area (Å²) in [7, 11) is -3.89. The number of amides is 1. The molecular weight excluding hydrogens is 420 g/mol. The summed E-state index contributed by atoms with van der Waals surface area (Å²) in [5, 5.41) is 10.3. The standard InChI is InChI=1S/C21H24N4O3S2/c1-5-18(17-11-8-14(3)12-15(17)4)25-30(27,28)21-24-23-20(29-21)22-19(26)16-9-6-13(2)7-10-16/h6-12,18,25H,5H2,1-4H3,(H,22,23,26)/t18-/m0/s1. The number of carbonyl (C=O) groups is 1. The van der Waals surface area contributed by atoms with Crippen molar-refractivity contribution in [2.75, 3.05) is 5.32 Å². The van der Waals surface area contributed by atoms with Crippen LogP contribution in [0.3, 0.4) is 0 Å². The number of hydrogen-bond acceptors (Lipinski definition) is 6. The Morgan fingerprint density at radius 1 is 1.03 bits per heavy atom. The first-order chi connectivity index (χ1) is 14.2. The molecule has 3 aromatic rings. The molecule has 0 saturated heterocycles. The van der Waals surface area contributed by atoms with Gasteiger partial charge in [0.2, 0.25) is 9.47 Å². The van der Waals surface area contributed by atoms with Gasteiger partial charge in [0.25, 0.3) is 15.9 Å². The van der Waals surface area contributed by atoms with Gasteiger partial charge in [0, 0.05) is 11.6 Å². The molecule has 2 aromatic carbocycles. The summed E-state index contributed by atoms with van der Waals surface area (Å²) in [5.41, 5.74) is 4.56. The molecule has 0 unspecified atom stereocenters. The topological polar surface area (TPSA) is 101 Å². The maximum absolute atomic E-state index is 12.8. The average Bonchev–Trinajstić information content (AvgIpc) is 3.16. The smallest absolute Gasteiger partial charge is 0.270 e. The van der Waals surface area contributed by atoms with Crippen molar-refractivity contribution < 1.29 is 13.2 Å². The van der Waals surface area contributed by atoms with Crippen LogP contribution in [0, 0.1) is 20.8 Å². The molecule has 7 nitrogen and oxygen atoms in total. The quantitative estimate of drug-likeness (QED) is 0.533. The van der Waals surface area contributed by atoms with E-state index in [0.29, 0.717) is 12.0 Å². The number of aryl methyl sites for hydroxylation is 3. The third-order valence-electron chi connectivity index (χ3n) is 4.68. The van der Waals surface area contributed by atoms with E-state index in [9.17, 15) is 13.2 Å². The van der Waals surface area contributed by atoms with Crippen molar-refractivity contribution in [2.45, 2.75) is 44.5 Å². The van der Waals surface area contributed by atoms with E-state index in [1.165, 1.54) is 0 Å². The molecule has 9 heteroatoms. The highest BCUT2D eigenvalue weighted by Gasteiger charge is 2.25. The second kappa shape index (κ2) is 9.03. The predicted molar refractivity (Wildman–Crippen MR) is 118 cm³/mol. The zero-order chi connectivity index (χ0) is 21.9. The first-order valence-electron chi connectivity index (χ1n) is 9.50. The van der Waals surface area contributed by atoms with Gasteiger partial charge < -0.3 is 0 Å². The molecule has 0 saturated carbocycles. The highest BCUT2D eigenvalue weighted by molar-refractivity contribution is 7.91. The molecule has 0 aliphatic heterocycles. The maximum atomic E-state index is 12.8. The minimum Gasteiger partial charge on any atom is -0.296 e. The fourth-order valence-electron chi connectivity index (χ4n) is 3.06. The Hall–Kier alpha value is -2.62. The van der Waals surface area contributed by atoms with Crippen molar-refractivity contribution in [3.05, 3.63) is 70.3 Å². The van der Waals surface area contributed by atoms with Crippen LogP contribution in [0.25, 0.3) is 0 Å². The molecular formula is C21H24N4O3S2. The lowest BCUT2D eigenvalue weighted by molar-refractivity contribution is 0.102. The number of carbonyl (C=O) groups excluding carboxylic acids is 1. The lowest BCUT2D eigenvalue weighted by Crippen LogP contribution is -2.28. The van der Waals surface area contributed by atoms with E-state index in [2.05, 4.69) is 20.2 Å². The van der Waals surface area contributed by atoms with Crippen LogP contribution in [0.5, 0.6) is 0 Å². The van der Waals surface area contributed by atoms with Crippen LogP contribution in [-0.2, 0) is 10.0 Å². The minimum atomic E-state index is -3.89. The Balaban J connectivity index is 1.75. The Labute approximate surface area is 180 Å². The van der Waals surface area contributed by atoms with Gasteiger partial charge in [-0.15, -0.1) is 10.2 Å². The molecule has 2 N–H and O–H groups in total. The molecule has 1 aromatic heterocycles. The Kier molecular flexibility index (Phi) is 6.64. The van der Waals surface area contributed by atoms with Crippen molar-refractivity contribution in [1.82, 2.24) is 14.9 Å². The fraction of sp³-hybridized carbons (Fsp3) is 0.286. The van der Waals surface area contributed by atoms with Crippen molar-refractivity contribution in [2.24, 2.45) is 0 Å². The predicted octanol–water partition coefficient (Wildman–Crippen LogP) is 4.15. The molecule has 0 spiro atoms. The molecule has 3 rings (SSSR count). The van der Waals surface area contributed by atoms with E-state index in [1.807, 2.05) is 58.0 Å². The van der Waals surface area contributed by atoms with Crippen molar-refractivity contribution >= 4 is 32.4 Å². The van der Waals surface area contributed by atoms with Gasteiger partial charge >= 0.3 is 0 Å². The van der Waals surface area contributed by atoms with Gasteiger partial charge in [-0.25, -0.2) is 13.1 Å². The first-order valence-corrected chi connectivity index (χ1v) is 11.8. The molecule has 0 aliphatic rings. The van der Waals surface area contributed by atoms with Crippen LogP contribution in [0.2, 0.25) is 0 Å². The van der Waals surface area contributed by atoms with Crippen molar-refractivity contribution in [3.63, 3.8) is 0 Å². The number of nitrogens with zero attached hydrogens (tertiary/aromatic N) is 2. The van der Waals surface area contributed by atoms with Gasteiger partial charge in [-0.05, 0) is 50.5 Å². The largest absolute Gasteiger partial charge is 0.296 e. The molecule has 0 fully saturated rings. The summed E-state index contributed by atoms with van der Waals surface area (Å²) >= 11 is 0.816. The third-order valence-corrected chi connectivity index (χ3v) is 7.35. The Morgan fingerprint density at radius 2 is 1.70 bits per heavy atom. The second-order valence-electron chi connectivity index (χ2n) is 7.14. The zero-order valence-electron chi connectivity index (χ0n) is 17.3. The van der Waals surface area contributed by atoms with Gasteiger partial charge in [0.1, 0.15) is 0 Å². The van der Waals surface area contributed by atoms with Crippen LogP contribution < -0.4 is 10.0 Å². The van der Waals surface area contributed by atoms with Gasteiger partial charge in [0.15, 0.2) is 0 Å². The van der Waals surface area contributed by atoms with Gasteiger partial charge in [-0.2, -0.15) is 0 Å². The number of anilines is 1. The zero-order valence-corrected chi connectivity index (χ0v) is 18.9. The molecule has 1 atom stereocenters. The number of rotatable bonds is 7. The molecule has 30 heavy (non-hydrogen) atoms. The highest BCUT2D eigenvalue weighted by atomic mass is 32.2. The van der Waals surface area contributed by atoms with Crippen molar-refractivity contribution in [1.29, 1.82) is 0 Å². The van der Waals surface area contributed by atoms with E-state index < -0.39 is 10.0 Å².